The quantitative estimate of drug-likeness (QED) is 0.295. The monoisotopic (exact) mass is 466 g/mol. The van der Waals surface area contributed by atoms with E-state index in [1.165, 1.54) is 10.9 Å². The van der Waals surface area contributed by atoms with Gasteiger partial charge in [-0.2, -0.15) is 0 Å². The van der Waals surface area contributed by atoms with E-state index in [0.29, 0.717) is 0 Å². The molecule has 0 saturated carbocycles. The summed E-state index contributed by atoms with van der Waals surface area (Å²) in [6.45, 7) is -0.0202. The predicted molar refractivity (Wildman–Crippen MR) is 145 cm³/mol. The molecule has 2 aliphatic heterocycles. The highest BCUT2D eigenvalue weighted by Crippen LogP contribution is 2.50. The van der Waals surface area contributed by atoms with Gasteiger partial charge in [0.25, 0.3) is 0 Å². The van der Waals surface area contributed by atoms with Crippen molar-refractivity contribution in [2.75, 3.05) is 0 Å². The third-order valence-electron chi connectivity index (χ3n) is 7.10. The summed E-state index contributed by atoms with van der Waals surface area (Å²) in [6.07, 6.45) is 3.62. The van der Waals surface area contributed by atoms with Gasteiger partial charge in [-0.1, -0.05) is 95.9 Å². The molecular weight excluding hydrogens is 446 g/mol. The fourth-order valence-electron chi connectivity index (χ4n) is 5.67. The fraction of sp³-hybridized carbons (Fsp3) is 0. The summed E-state index contributed by atoms with van der Waals surface area (Å²) < 4.78 is 15.4. The molecular formula is C30H20BN2OP. The Hall–Kier alpha value is -4.01. The number of hydrogen-bond donors (Lipinski definition) is 0. The molecule has 0 radical (unpaired) electrons. The smallest absolute Gasteiger partial charge is 0.245 e. The van der Waals surface area contributed by atoms with Gasteiger partial charge < -0.3 is 4.57 Å². The third-order valence-corrected chi connectivity index (χ3v) is 10.2. The van der Waals surface area contributed by atoms with Crippen LogP contribution in [0.2, 0.25) is 0 Å². The van der Waals surface area contributed by atoms with Crippen molar-refractivity contribution in [1.29, 1.82) is 0 Å². The average molecular weight is 466 g/mol. The zero-order chi connectivity index (χ0) is 23.4. The first-order chi connectivity index (χ1) is 17.3. The SMILES string of the molecule is O=P1(c2ccccc2)c2cccnc2C2=C(c3ccccc3B2c2ccccc2)c2ncccc21. The Morgan fingerprint density at radius 1 is 0.600 bits per heavy atom. The lowest BCUT2D eigenvalue weighted by atomic mass is 9.37. The third kappa shape index (κ3) is 2.84. The number of benzene rings is 3. The lowest BCUT2D eigenvalue weighted by molar-refractivity contribution is 0.592. The Labute approximate surface area is 204 Å². The van der Waals surface area contributed by atoms with E-state index in [2.05, 4.69) is 48.5 Å². The summed E-state index contributed by atoms with van der Waals surface area (Å²) >= 11 is 0. The molecule has 0 bridgehead atoms. The lowest BCUT2D eigenvalue weighted by Crippen LogP contribution is -2.43. The molecule has 0 fully saturated rings. The molecule has 0 spiro atoms. The van der Waals surface area contributed by atoms with Crippen LogP contribution in [0.25, 0.3) is 11.0 Å². The van der Waals surface area contributed by atoms with Crippen LogP contribution in [0.15, 0.2) is 122 Å². The summed E-state index contributed by atoms with van der Waals surface area (Å²) in [5.41, 5.74) is 7.27. The molecule has 2 aromatic heterocycles. The van der Waals surface area contributed by atoms with Gasteiger partial charge in [0.05, 0.1) is 11.4 Å². The van der Waals surface area contributed by atoms with Crippen molar-refractivity contribution < 1.29 is 4.57 Å². The van der Waals surface area contributed by atoms with E-state index >= 15 is 4.57 Å². The Bertz CT molecular complexity index is 1680. The molecule has 5 heteroatoms. The zero-order valence-electron chi connectivity index (χ0n) is 18.9. The number of nitrogens with zero attached hydrogens (tertiary/aromatic N) is 2. The highest BCUT2D eigenvalue weighted by atomic mass is 31.2. The molecule has 2 aliphatic rings. The summed E-state index contributed by atoms with van der Waals surface area (Å²) in [5, 5.41) is 2.35. The maximum absolute atomic E-state index is 15.4. The van der Waals surface area contributed by atoms with Crippen LogP contribution in [-0.4, -0.2) is 16.7 Å². The summed E-state index contributed by atoms with van der Waals surface area (Å²) in [5.74, 6) is 0. The first kappa shape index (κ1) is 20.4. The Morgan fingerprint density at radius 2 is 1.20 bits per heavy atom. The van der Waals surface area contributed by atoms with Crippen LogP contribution in [-0.2, 0) is 4.57 Å². The topological polar surface area (TPSA) is 42.9 Å². The van der Waals surface area contributed by atoms with Crippen molar-refractivity contribution in [1.82, 2.24) is 9.97 Å². The van der Waals surface area contributed by atoms with Gasteiger partial charge >= 0.3 is 0 Å². The molecule has 0 N–H and O–H groups in total. The van der Waals surface area contributed by atoms with E-state index in [9.17, 15) is 0 Å². The average Bonchev–Trinajstić information content (AvgIpc) is 3.24. The van der Waals surface area contributed by atoms with E-state index in [-0.39, 0.29) is 6.71 Å². The normalized spacial score (nSPS) is 17.8. The van der Waals surface area contributed by atoms with E-state index in [1.807, 2.05) is 66.9 Å². The summed E-state index contributed by atoms with van der Waals surface area (Å²) in [6, 6.07) is 36.6. The van der Waals surface area contributed by atoms with Gasteiger partial charge in [-0.05, 0) is 35.3 Å². The maximum Gasteiger partial charge on any atom is 0.245 e. The van der Waals surface area contributed by atoms with Gasteiger partial charge in [0.1, 0.15) is 0 Å². The number of fused-ring (bicyclic) bond motifs is 6. The van der Waals surface area contributed by atoms with Gasteiger partial charge in [0, 0.05) is 33.9 Å². The van der Waals surface area contributed by atoms with E-state index < -0.39 is 7.14 Å². The molecule has 5 aromatic rings. The standard InChI is InChI=1S/C30H20BN2OP/c34-35(22-13-5-2-6-14-22)25-17-9-19-32-29(25)27-23-15-7-8-16-24(23)31(21-11-3-1-4-12-21)28(27)30-26(35)18-10-20-33-30/h1-20H. The number of rotatable bonds is 2. The van der Waals surface area contributed by atoms with Crippen molar-refractivity contribution in [2.24, 2.45) is 0 Å². The largest absolute Gasteiger partial charge is 0.308 e. The number of aromatic nitrogens is 2. The highest BCUT2D eigenvalue weighted by molar-refractivity contribution is 7.85. The Balaban J connectivity index is 1.66. The first-order valence-electron chi connectivity index (χ1n) is 11.7. The van der Waals surface area contributed by atoms with E-state index in [4.69, 9.17) is 9.97 Å². The van der Waals surface area contributed by atoms with Crippen molar-refractivity contribution >= 4 is 51.7 Å². The minimum atomic E-state index is -3.24. The molecule has 35 heavy (non-hydrogen) atoms. The molecule has 1 unspecified atom stereocenters. The van der Waals surface area contributed by atoms with Crippen LogP contribution in [0.3, 0.4) is 0 Å². The second-order valence-corrected chi connectivity index (χ2v) is 11.6. The molecule has 0 amide bonds. The molecule has 7 rings (SSSR count). The minimum Gasteiger partial charge on any atom is -0.308 e. The first-order valence-corrected chi connectivity index (χ1v) is 13.4. The zero-order valence-corrected chi connectivity index (χ0v) is 19.8. The minimum absolute atomic E-state index is 0.0202. The summed E-state index contributed by atoms with van der Waals surface area (Å²) in [4.78, 5) is 9.82. The maximum atomic E-state index is 15.4. The van der Waals surface area contributed by atoms with Gasteiger partial charge in [-0.3, -0.25) is 9.97 Å². The van der Waals surface area contributed by atoms with Crippen LogP contribution in [0.1, 0.15) is 17.0 Å². The van der Waals surface area contributed by atoms with E-state index in [0.717, 1.165) is 43.9 Å². The van der Waals surface area contributed by atoms with Crippen molar-refractivity contribution in [3.8, 4) is 0 Å². The molecule has 0 saturated heterocycles. The predicted octanol–water partition coefficient (Wildman–Crippen LogP) is 3.55. The highest BCUT2D eigenvalue weighted by Gasteiger charge is 2.46. The second kappa shape index (κ2) is 7.76. The number of pyridine rings is 2. The molecule has 0 aliphatic carbocycles. The van der Waals surface area contributed by atoms with Crippen molar-refractivity contribution in [3.05, 3.63) is 139 Å². The Morgan fingerprint density at radius 3 is 1.94 bits per heavy atom. The van der Waals surface area contributed by atoms with Crippen LogP contribution < -0.4 is 26.8 Å². The van der Waals surface area contributed by atoms with Crippen LogP contribution in [0.5, 0.6) is 0 Å². The second-order valence-electron chi connectivity index (χ2n) is 8.91. The van der Waals surface area contributed by atoms with Crippen LogP contribution in [0.4, 0.5) is 0 Å². The fourth-order valence-corrected chi connectivity index (χ4v) is 8.62. The molecule has 4 heterocycles. The Kier molecular flexibility index (Phi) is 4.52. The van der Waals surface area contributed by atoms with Crippen molar-refractivity contribution in [2.45, 2.75) is 0 Å². The van der Waals surface area contributed by atoms with Crippen molar-refractivity contribution in [3.63, 3.8) is 0 Å². The molecule has 3 nitrogen and oxygen atoms in total. The van der Waals surface area contributed by atoms with Gasteiger partial charge in [0.15, 0.2) is 7.14 Å². The van der Waals surface area contributed by atoms with Gasteiger partial charge in [-0.15, -0.1) is 0 Å². The van der Waals surface area contributed by atoms with E-state index in [1.54, 1.807) is 6.20 Å². The van der Waals surface area contributed by atoms with Gasteiger partial charge in [0.2, 0.25) is 6.71 Å². The van der Waals surface area contributed by atoms with Crippen LogP contribution >= 0.6 is 7.14 Å². The molecule has 3 aromatic carbocycles. The van der Waals surface area contributed by atoms with Crippen LogP contribution in [0, 0.1) is 0 Å². The lowest BCUT2D eigenvalue weighted by Gasteiger charge is -2.23. The summed E-state index contributed by atoms with van der Waals surface area (Å²) in [7, 11) is -3.24. The number of hydrogen-bond acceptors (Lipinski definition) is 3. The molecule has 164 valence electrons. The van der Waals surface area contributed by atoms with Gasteiger partial charge in [-0.25, -0.2) is 0 Å². The molecule has 1 atom stereocenters.